The highest BCUT2D eigenvalue weighted by Crippen LogP contribution is 2.65. The second-order valence-corrected chi connectivity index (χ2v) is 11.7. The van der Waals surface area contributed by atoms with E-state index in [4.69, 9.17) is 23.2 Å². The molecule has 0 aliphatic carbocycles. The maximum atomic E-state index is 15.0. The van der Waals surface area contributed by atoms with Crippen molar-refractivity contribution < 1.29 is 4.57 Å². The van der Waals surface area contributed by atoms with Crippen LogP contribution in [0.25, 0.3) is 0 Å². The van der Waals surface area contributed by atoms with E-state index < -0.39 is 7.44 Å². The standard InChI is InChI=1S/C25H23Cl2N4OP/c1-25(2)19-11-7-8-12-22(19)30(3)24(25)23-16-28-31(18-9-5-4-6-10-18)33(23,32)29-21-15-17(26)13-14-20(21)27/h4-16H,1-3H3,(H,29,32). The zero-order valence-electron chi connectivity index (χ0n) is 18.5. The maximum Gasteiger partial charge on any atom is 0.313 e. The first-order valence-corrected chi connectivity index (χ1v) is 13.0. The minimum Gasteiger partial charge on any atom is -0.346 e. The van der Waals surface area contributed by atoms with Crippen LogP contribution in [0.4, 0.5) is 17.1 Å². The third kappa shape index (κ3) is 3.47. The first kappa shape index (κ1) is 22.1. The number of fused-ring (bicyclic) bond motifs is 1. The number of allylic oxidation sites excluding steroid dienone is 2. The molecule has 0 amide bonds. The van der Waals surface area contributed by atoms with Crippen molar-refractivity contribution in [3.8, 4) is 0 Å². The van der Waals surface area contributed by atoms with E-state index in [2.05, 4.69) is 41.1 Å². The molecule has 5 nitrogen and oxygen atoms in total. The fourth-order valence-electron chi connectivity index (χ4n) is 4.67. The molecule has 1 atom stereocenters. The lowest BCUT2D eigenvalue weighted by Crippen LogP contribution is -2.26. The first-order valence-electron chi connectivity index (χ1n) is 10.5. The quantitative estimate of drug-likeness (QED) is 0.376. The van der Waals surface area contributed by atoms with Crippen LogP contribution in [0.5, 0.6) is 0 Å². The molecule has 2 aliphatic rings. The van der Waals surface area contributed by atoms with Crippen LogP contribution in [-0.2, 0) is 9.98 Å². The van der Waals surface area contributed by atoms with Crippen LogP contribution in [0.3, 0.4) is 0 Å². The van der Waals surface area contributed by atoms with E-state index in [9.17, 15) is 4.57 Å². The van der Waals surface area contributed by atoms with Gasteiger partial charge >= 0.3 is 7.44 Å². The fourth-order valence-corrected chi connectivity index (χ4v) is 7.58. The molecule has 0 fully saturated rings. The summed E-state index contributed by atoms with van der Waals surface area (Å²) >= 11 is 12.7. The van der Waals surface area contributed by atoms with Gasteiger partial charge in [-0.15, -0.1) is 0 Å². The van der Waals surface area contributed by atoms with Crippen molar-refractivity contribution in [1.29, 1.82) is 0 Å². The number of benzene rings is 3. The van der Waals surface area contributed by atoms with Crippen LogP contribution in [0.1, 0.15) is 19.4 Å². The van der Waals surface area contributed by atoms with Crippen molar-refractivity contribution in [3.05, 3.63) is 99.4 Å². The summed E-state index contributed by atoms with van der Waals surface area (Å²) in [5.41, 5.74) is 4.02. The molecule has 2 aliphatic heterocycles. The fraction of sp³-hybridized carbons (Fsp3) is 0.160. The van der Waals surface area contributed by atoms with Gasteiger partial charge < -0.3 is 9.99 Å². The molecule has 2 heterocycles. The van der Waals surface area contributed by atoms with Crippen molar-refractivity contribution >= 4 is 53.9 Å². The summed E-state index contributed by atoms with van der Waals surface area (Å²) in [6.45, 7) is 4.29. The van der Waals surface area contributed by atoms with Gasteiger partial charge in [0.2, 0.25) is 0 Å². The zero-order chi connectivity index (χ0) is 23.4. The van der Waals surface area contributed by atoms with E-state index in [1.807, 2.05) is 49.5 Å². The Labute approximate surface area is 203 Å². The van der Waals surface area contributed by atoms with Crippen molar-refractivity contribution in [2.75, 3.05) is 21.8 Å². The van der Waals surface area contributed by atoms with Crippen LogP contribution < -0.4 is 14.8 Å². The summed E-state index contributed by atoms with van der Waals surface area (Å²) < 4.78 is 16.6. The summed E-state index contributed by atoms with van der Waals surface area (Å²) in [7, 11) is -1.51. The van der Waals surface area contributed by atoms with E-state index in [0.717, 1.165) is 11.4 Å². The van der Waals surface area contributed by atoms with Gasteiger partial charge in [0, 0.05) is 28.9 Å². The summed E-state index contributed by atoms with van der Waals surface area (Å²) in [5.74, 6) is 0. The average molecular weight is 497 g/mol. The van der Waals surface area contributed by atoms with Gasteiger partial charge in [-0.1, -0.05) is 73.4 Å². The average Bonchev–Trinajstić information content (AvgIpc) is 3.22. The zero-order valence-corrected chi connectivity index (χ0v) is 20.9. The normalized spacial score (nSPS) is 23.2. The Kier molecular flexibility index (Phi) is 5.32. The lowest BCUT2D eigenvalue weighted by Gasteiger charge is -2.31. The molecule has 33 heavy (non-hydrogen) atoms. The van der Waals surface area contributed by atoms with Gasteiger partial charge in [0.15, 0.2) is 0 Å². The third-order valence-corrected chi connectivity index (χ3v) is 9.14. The summed E-state index contributed by atoms with van der Waals surface area (Å²) in [4.78, 5) is 2.11. The molecular formula is C25H23Cl2N4OP. The number of hydrazone groups is 1. The molecule has 0 saturated heterocycles. The molecule has 0 spiro atoms. The number of para-hydroxylation sites is 2. The number of rotatable bonds is 3. The van der Waals surface area contributed by atoms with Gasteiger partial charge in [-0.05, 0) is 42.0 Å². The number of hydrogen-bond donors (Lipinski definition) is 1. The highest BCUT2D eigenvalue weighted by Gasteiger charge is 2.48. The summed E-state index contributed by atoms with van der Waals surface area (Å²) in [6, 6.07) is 22.8. The number of hydrogen-bond acceptors (Lipinski definition) is 3. The lowest BCUT2D eigenvalue weighted by molar-refractivity contribution is 0.579. The molecule has 3 aromatic carbocycles. The van der Waals surface area contributed by atoms with E-state index in [1.165, 1.54) is 5.56 Å². The predicted octanol–water partition coefficient (Wildman–Crippen LogP) is 7.74. The Balaban J connectivity index is 1.73. The Morgan fingerprint density at radius 2 is 1.67 bits per heavy atom. The van der Waals surface area contributed by atoms with Gasteiger partial charge in [-0.3, -0.25) is 4.57 Å². The highest BCUT2D eigenvalue weighted by atomic mass is 35.5. The monoisotopic (exact) mass is 496 g/mol. The molecule has 0 radical (unpaired) electrons. The Morgan fingerprint density at radius 1 is 0.970 bits per heavy atom. The first-order chi connectivity index (χ1) is 15.7. The third-order valence-electron chi connectivity index (χ3n) is 6.18. The van der Waals surface area contributed by atoms with E-state index >= 15 is 0 Å². The van der Waals surface area contributed by atoms with Crippen LogP contribution in [0.15, 0.2) is 88.9 Å². The number of likely N-dealkylation sites (N-methyl/N-ethyl adjacent to an activating group) is 1. The van der Waals surface area contributed by atoms with Gasteiger partial charge in [0.05, 0.1) is 27.9 Å². The molecule has 5 rings (SSSR count). The van der Waals surface area contributed by atoms with E-state index in [-0.39, 0.29) is 5.41 Å². The van der Waals surface area contributed by atoms with Gasteiger partial charge in [0.1, 0.15) is 0 Å². The Bertz CT molecular complexity index is 1350. The van der Waals surface area contributed by atoms with Gasteiger partial charge in [-0.25, -0.2) is 0 Å². The SMILES string of the molecule is CN1C(=C2C=NN(c3ccccc3)P2(=O)Nc2cc(Cl)ccc2Cl)C(C)(C)c2ccccc21. The number of anilines is 3. The predicted molar refractivity (Wildman–Crippen MR) is 140 cm³/mol. The topological polar surface area (TPSA) is 47.9 Å². The number of nitrogens with one attached hydrogen (secondary N) is 1. The molecule has 0 saturated carbocycles. The van der Waals surface area contributed by atoms with Crippen molar-refractivity contribution in [1.82, 2.24) is 0 Å². The molecule has 8 heteroatoms. The molecule has 1 N–H and O–H groups in total. The largest absolute Gasteiger partial charge is 0.346 e. The molecule has 0 aromatic heterocycles. The number of nitrogens with zero attached hydrogens (tertiary/aromatic N) is 3. The van der Waals surface area contributed by atoms with Crippen LogP contribution in [0.2, 0.25) is 10.0 Å². The second kappa shape index (κ2) is 7.95. The van der Waals surface area contributed by atoms with E-state index in [0.29, 0.717) is 26.7 Å². The summed E-state index contributed by atoms with van der Waals surface area (Å²) in [6.07, 6.45) is 1.71. The minimum absolute atomic E-state index is 0.380. The Hall–Kier alpha value is -2.72. The molecule has 0 bridgehead atoms. The smallest absolute Gasteiger partial charge is 0.313 e. The van der Waals surface area contributed by atoms with Gasteiger partial charge in [-0.2, -0.15) is 9.88 Å². The maximum absolute atomic E-state index is 15.0. The lowest BCUT2D eigenvalue weighted by atomic mass is 9.84. The molecule has 1 unspecified atom stereocenters. The molecular weight excluding hydrogens is 474 g/mol. The summed E-state index contributed by atoms with van der Waals surface area (Å²) in [5, 5.41) is 9.42. The Morgan fingerprint density at radius 3 is 2.39 bits per heavy atom. The number of halogens is 2. The minimum atomic E-state index is -3.52. The van der Waals surface area contributed by atoms with E-state index in [1.54, 1.807) is 29.2 Å². The van der Waals surface area contributed by atoms with Crippen LogP contribution in [0, 0.1) is 0 Å². The van der Waals surface area contributed by atoms with Crippen molar-refractivity contribution in [3.63, 3.8) is 0 Å². The second-order valence-electron chi connectivity index (χ2n) is 8.62. The van der Waals surface area contributed by atoms with Crippen LogP contribution >= 0.6 is 30.6 Å². The highest BCUT2D eigenvalue weighted by molar-refractivity contribution is 7.72. The van der Waals surface area contributed by atoms with Crippen LogP contribution in [-0.4, -0.2) is 13.3 Å². The van der Waals surface area contributed by atoms with Gasteiger partial charge in [0.25, 0.3) is 0 Å². The molecule has 3 aromatic rings. The molecule has 168 valence electrons. The van der Waals surface area contributed by atoms with Crippen molar-refractivity contribution in [2.24, 2.45) is 5.10 Å². The van der Waals surface area contributed by atoms with Crippen molar-refractivity contribution in [2.45, 2.75) is 19.3 Å².